The summed E-state index contributed by atoms with van der Waals surface area (Å²) in [6, 6.07) is 3.29. The molecule has 0 spiro atoms. The van der Waals surface area contributed by atoms with Crippen LogP contribution in [-0.4, -0.2) is 44.1 Å². The molecule has 2 aromatic rings. The molecule has 0 aliphatic carbocycles. The minimum Gasteiger partial charge on any atom is -0.550 e. The van der Waals surface area contributed by atoms with Crippen molar-refractivity contribution in [2.45, 2.75) is 26.2 Å². The highest BCUT2D eigenvalue weighted by Crippen LogP contribution is 2.34. The van der Waals surface area contributed by atoms with Crippen molar-refractivity contribution in [2.75, 3.05) is 27.3 Å². The molecule has 150 valence electrons. The van der Waals surface area contributed by atoms with Gasteiger partial charge in [0.1, 0.15) is 17.1 Å². The Balaban J connectivity index is 1.90. The van der Waals surface area contributed by atoms with Gasteiger partial charge < -0.3 is 28.7 Å². The van der Waals surface area contributed by atoms with Crippen molar-refractivity contribution >= 4 is 22.8 Å². The van der Waals surface area contributed by atoms with Crippen LogP contribution >= 0.6 is 0 Å². The second kappa shape index (κ2) is 7.92. The van der Waals surface area contributed by atoms with E-state index < -0.39 is 17.5 Å². The Labute approximate surface area is 161 Å². The highest BCUT2D eigenvalue weighted by atomic mass is 16.5. The molecule has 0 unspecified atom stereocenters. The average molecular weight is 388 g/mol. The molecule has 1 aliphatic heterocycles. The summed E-state index contributed by atoms with van der Waals surface area (Å²) in [5.41, 5.74) is 0.620. The van der Waals surface area contributed by atoms with Crippen LogP contribution in [0.15, 0.2) is 21.3 Å². The molecule has 0 radical (unpaired) electrons. The van der Waals surface area contributed by atoms with E-state index in [4.69, 9.17) is 13.9 Å². The minimum absolute atomic E-state index is 0.116. The molecule has 1 aromatic heterocycles. The fourth-order valence-corrected chi connectivity index (χ4v) is 3.59. The number of ether oxygens (including phenoxy) is 2. The zero-order chi connectivity index (χ0) is 20.4. The number of carbonyl (C=O) groups is 2. The van der Waals surface area contributed by atoms with Crippen LogP contribution in [0.1, 0.15) is 24.0 Å². The summed E-state index contributed by atoms with van der Waals surface area (Å²) in [6.07, 6.45) is 0.593. The van der Waals surface area contributed by atoms with E-state index in [1.165, 1.54) is 14.2 Å². The zero-order valence-corrected chi connectivity index (χ0v) is 16.1. The molecular formula is C20H22NO7-. The first-order valence-corrected chi connectivity index (χ1v) is 9.02. The predicted molar refractivity (Wildman–Crippen MR) is 98.3 cm³/mol. The SMILES string of the molecule is COc1cc(OC)c2c(C)c(CC(=O)N3CCC(C(=O)[O-])CC3)c(=O)oc2c1. The molecule has 0 atom stereocenters. The number of carboxylic acids is 1. The average Bonchev–Trinajstić information content (AvgIpc) is 2.69. The van der Waals surface area contributed by atoms with E-state index in [1.54, 1.807) is 24.0 Å². The Bertz CT molecular complexity index is 971. The lowest BCUT2D eigenvalue weighted by Gasteiger charge is -2.32. The van der Waals surface area contributed by atoms with Gasteiger partial charge in [-0.05, 0) is 25.3 Å². The molecule has 1 saturated heterocycles. The van der Waals surface area contributed by atoms with E-state index in [2.05, 4.69) is 0 Å². The van der Waals surface area contributed by atoms with Crippen molar-refractivity contribution < 1.29 is 28.6 Å². The molecule has 0 bridgehead atoms. The van der Waals surface area contributed by atoms with Crippen LogP contribution < -0.4 is 20.2 Å². The van der Waals surface area contributed by atoms with Crippen LogP contribution in [0, 0.1) is 12.8 Å². The second-order valence-electron chi connectivity index (χ2n) is 6.85. The molecule has 8 nitrogen and oxygen atoms in total. The van der Waals surface area contributed by atoms with E-state index in [0.717, 1.165) is 0 Å². The summed E-state index contributed by atoms with van der Waals surface area (Å²) in [7, 11) is 3.01. The Morgan fingerprint density at radius 2 is 1.89 bits per heavy atom. The summed E-state index contributed by atoms with van der Waals surface area (Å²) in [5, 5.41) is 11.6. The second-order valence-corrected chi connectivity index (χ2v) is 6.85. The highest BCUT2D eigenvalue weighted by molar-refractivity contribution is 5.90. The number of methoxy groups -OCH3 is 2. The number of nitrogens with zero attached hydrogens (tertiary/aromatic N) is 1. The van der Waals surface area contributed by atoms with E-state index >= 15 is 0 Å². The zero-order valence-electron chi connectivity index (χ0n) is 16.1. The monoisotopic (exact) mass is 388 g/mol. The molecule has 8 heteroatoms. The fourth-order valence-electron chi connectivity index (χ4n) is 3.59. The number of benzene rings is 1. The van der Waals surface area contributed by atoms with Crippen LogP contribution in [0.2, 0.25) is 0 Å². The van der Waals surface area contributed by atoms with Crippen molar-refractivity contribution in [1.29, 1.82) is 0 Å². The molecule has 0 saturated carbocycles. The number of rotatable bonds is 5. The first-order chi connectivity index (χ1) is 13.3. The van der Waals surface area contributed by atoms with Gasteiger partial charge in [0, 0.05) is 37.1 Å². The van der Waals surface area contributed by atoms with Gasteiger partial charge in [0.15, 0.2) is 0 Å². The van der Waals surface area contributed by atoms with Gasteiger partial charge in [0.25, 0.3) is 0 Å². The maximum absolute atomic E-state index is 12.7. The quantitative estimate of drug-likeness (QED) is 0.692. The summed E-state index contributed by atoms with van der Waals surface area (Å²) >= 11 is 0. The standard InChI is InChI=1S/C20H23NO7/c1-11-14(10-17(22)21-6-4-12(5-7-21)19(23)24)20(25)28-16-9-13(26-2)8-15(27-3)18(11)16/h8-9,12H,4-7,10H2,1-3H3,(H,23,24)/p-1. The third kappa shape index (κ3) is 3.67. The number of aryl methyl sites for hydroxylation is 1. The van der Waals surface area contributed by atoms with Crippen LogP contribution in [0.4, 0.5) is 0 Å². The Hall–Kier alpha value is -3.03. The van der Waals surface area contributed by atoms with Crippen LogP contribution in [-0.2, 0) is 16.0 Å². The minimum atomic E-state index is -1.08. The number of hydrogen-bond acceptors (Lipinski definition) is 7. The molecule has 28 heavy (non-hydrogen) atoms. The largest absolute Gasteiger partial charge is 0.550 e. The molecule has 1 aliphatic rings. The van der Waals surface area contributed by atoms with Crippen molar-refractivity contribution in [3.63, 3.8) is 0 Å². The first kappa shape index (κ1) is 19.7. The normalized spacial score (nSPS) is 14.9. The van der Waals surface area contributed by atoms with Gasteiger partial charge in [0.2, 0.25) is 5.91 Å². The van der Waals surface area contributed by atoms with Crippen LogP contribution in [0.3, 0.4) is 0 Å². The maximum atomic E-state index is 12.7. The third-order valence-electron chi connectivity index (χ3n) is 5.28. The van der Waals surface area contributed by atoms with E-state index in [9.17, 15) is 19.5 Å². The van der Waals surface area contributed by atoms with E-state index in [-0.39, 0.29) is 17.9 Å². The first-order valence-electron chi connectivity index (χ1n) is 9.02. The number of carbonyl (C=O) groups excluding carboxylic acids is 2. The Morgan fingerprint density at radius 3 is 2.46 bits per heavy atom. The Morgan fingerprint density at radius 1 is 1.21 bits per heavy atom. The van der Waals surface area contributed by atoms with Crippen molar-refractivity contribution in [1.82, 2.24) is 4.90 Å². The molecule has 1 fully saturated rings. The number of fused-ring (bicyclic) bond motifs is 1. The topological polar surface area (TPSA) is 109 Å². The molecular weight excluding hydrogens is 366 g/mol. The lowest BCUT2D eigenvalue weighted by Crippen LogP contribution is -2.44. The lowest BCUT2D eigenvalue weighted by atomic mass is 9.96. The summed E-state index contributed by atoms with van der Waals surface area (Å²) < 4.78 is 16.0. The number of amides is 1. The van der Waals surface area contributed by atoms with Gasteiger partial charge in [0.05, 0.1) is 31.6 Å². The van der Waals surface area contributed by atoms with Gasteiger partial charge in [-0.15, -0.1) is 0 Å². The smallest absolute Gasteiger partial charge is 0.340 e. The van der Waals surface area contributed by atoms with Gasteiger partial charge in [-0.1, -0.05) is 0 Å². The Kier molecular flexibility index (Phi) is 5.58. The van der Waals surface area contributed by atoms with Crippen LogP contribution in [0.5, 0.6) is 11.5 Å². The van der Waals surface area contributed by atoms with Gasteiger partial charge in [-0.25, -0.2) is 4.79 Å². The summed E-state index contributed by atoms with van der Waals surface area (Å²) in [4.78, 5) is 37.7. The summed E-state index contributed by atoms with van der Waals surface area (Å²) in [6.45, 7) is 2.41. The van der Waals surface area contributed by atoms with Gasteiger partial charge in [-0.3, -0.25) is 4.79 Å². The third-order valence-corrected chi connectivity index (χ3v) is 5.28. The summed E-state index contributed by atoms with van der Waals surface area (Å²) in [5.74, 6) is -0.874. The molecule has 2 heterocycles. The predicted octanol–water partition coefficient (Wildman–Crippen LogP) is 0.650. The van der Waals surface area contributed by atoms with Crippen molar-refractivity contribution in [2.24, 2.45) is 5.92 Å². The molecule has 1 amide bonds. The number of carboxylic acid groups (broad SMARTS) is 1. The van der Waals surface area contributed by atoms with Crippen molar-refractivity contribution in [3.8, 4) is 11.5 Å². The van der Waals surface area contributed by atoms with Gasteiger partial charge in [-0.2, -0.15) is 0 Å². The lowest BCUT2D eigenvalue weighted by molar-refractivity contribution is -0.312. The van der Waals surface area contributed by atoms with E-state index in [1.807, 2.05) is 0 Å². The van der Waals surface area contributed by atoms with Crippen molar-refractivity contribution in [3.05, 3.63) is 33.7 Å². The fraction of sp³-hybridized carbons (Fsp3) is 0.450. The molecule has 1 aromatic carbocycles. The maximum Gasteiger partial charge on any atom is 0.340 e. The molecule has 0 N–H and O–H groups in total. The highest BCUT2D eigenvalue weighted by Gasteiger charge is 2.25. The van der Waals surface area contributed by atoms with Gasteiger partial charge >= 0.3 is 5.63 Å². The number of hydrogen-bond donors (Lipinski definition) is 0. The number of piperidine rings is 1. The van der Waals surface area contributed by atoms with Crippen LogP contribution in [0.25, 0.3) is 11.0 Å². The van der Waals surface area contributed by atoms with E-state index in [0.29, 0.717) is 54.0 Å². The number of aliphatic carboxylic acids is 1. The molecule has 3 rings (SSSR count). The number of likely N-dealkylation sites (tertiary alicyclic amines) is 1.